The second-order valence-electron chi connectivity index (χ2n) is 5.13. The summed E-state index contributed by atoms with van der Waals surface area (Å²) >= 11 is 0. The Morgan fingerprint density at radius 3 is 2.42 bits per heavy atom. The topological polar surface area (TPSA) is 84.3 Å². The lowest BCUT2D eigenvalue weighted by atomic mass is 10.0. The molecule has 0 aliphatic carbocycles. The number of carboxylic acid groups (broad SMARTS) is 1. The molecule has 2 aliphatic heterocycles. The van der Waals surface area contributed by atoms with Crippen LogP contribution in [0.25, 0.3) is 0 Å². The van der Waals surface area contributed by atoms with Crippen LogP contribution < -0.4 is 0 Å². The number of likely N-dealkylation sites (tertiary alicyclic amines) is 1. The van der Waals surface area contributed by atoms with E-state index >= 15 is 0 Å². The van der Waals surface area contributed by atoms with E-state index in [1.54, 1.807) is 9.80 Å². The lowest BCUT2D eigenvalue weighted by Crippen LogP contribution is -2.57. The molecule has 2 rings (SSSR count). The van der Waals surface area contributed by atoms with Gasteiger partial charge in [0.25, 0.3) is 0 Å². The standard InChI is InChI=1S/C12H21N3O4/c16-7-6-13-2-1-3-14(5-4-13)12(19)15-8-10(9-15)11(17)18/h10,16H,1-9H2,(H,17,18). The van der Waals surface area contributed by atoms with E-state index in [-0.39, 0.29) is 12.6 Å². The summed E-state index contributed by atoms with van der Waals surface area (Å²) in [5.74, 6) is -1.23. The maximum absolute atomic E-state index is 12.2. The molecule has 0 aromatic rings. The van der Waals surface area contributed by atoms with Gasteiger partial charge in [-0.1, -0.05) is 0 Å². The third-order valence-electron chi connectivity index (χ3n) is 3.78. The third kappa shape index (κ3) is 3.36. The molecule has 2 amide bonds. The predicted molar refractivity (Wildman–Crippen MR) is 67.8 cm³/mol. The van der Waals surface area contributed by atoms with Crippen molar-refractivity contribution in [1.82, 2.24) is 14.7 Å². The fourth-order valence-corrected chi connectivity index (χ4v) is 2.52. The Bertz CT molecular complexity index is 344. The second-order valence-corrected chi connectivity index (χ2v) is 5.13. The molecular weight excluding hydrogens is 250 g/mol. The predicted octanol–water partition coefficient (Wildman–Crippen LogP) is -0.877. The third-order valence-corrected chi connectivity index (χ3v) is 3.78. The van der Waals surface area contributed by atoms with E-state index < -0.39 is 11.9 Å². The first-order valence-electron chi connectivity index (χ1n) is 6.71. The van der Waals surface area contributed by atoms with Gasteiger partial charge in [0.05, 0.1) is 12.5 Å². The van der Waals surface area contributed by atoms with E-state index in [9.17, 15) is 9.59 Å². The molecule has 2 N–H and O–H groups in total. The van der Waals surface area contributed by atoms with Gasteiger partial charge in [-0.2, -0.15) is 0 Å². The van der Waals surface area contributed by atoms with E-state index in [2.05, 4.69) is 4.90 Å². The highest BCUT2D eigenvalue weighted by Gasteiger charge is 2.37. The van der Waals surface area contributed by atoms with Crippen molar-refractivity contribution >= 4 is 12.0 Å². The van der Waals surface area contributed by atoms with Crippen LogP contribution in [0.1, 0.15) is 6.42 Å². The molecular formula is C12H21N3O4. The minimum atomic E-state index is -0.825. The monoisotopic (exact) mass is 271 g/mol. The molecule has 7 nitrogen and oxygen atoms in total. The van der Waals surface area contributed by atoms with Gasteiger partial charge in [0.15, 0.2) is 0 Å². The average Bonchev–Trinajstić information content (AvgIpc) is 2.52. The van der Waals surface area contributed by atoms with Crippen molar-refractivity contribution in [2.75, 3.05) is 52.4 Å². The number of nitrogens with zero attached hydrogens (tertiary/aromatic N) is 3. The molecule has 7 heteroatoms. The smallest absolute Gasteiger partial charge is 0.320 e. The Hall–Kier alpha value is -1.34. The molecule has 2 saturated heterocycles. The second kappa shape index (κ2) is 6.21. The Morgan fingerprint density at radius 1 is 1.05 bits per heavy atom. The van der Waals surface area contributed by atoms with E-state index in [0.29, 0.717) is 32.7 Å². The lowest BCUT2D eigenvalue weighted by Gasteiger charge is -2.39. The van der Waals surface area contributed by atoms with Crippen molar-refractivity contribution in [2.45, 2.75) is 6.42 Å². The van der Waals surface area contributed by atoms with Gasteiger partial charge in [-0.05, 0) is 13.0 Å². The van der Waals surface area contributed by atoms with Crippen LogP contribution in [0.2, 0.25) is 0 Å². The quantitative estimate of drug-likeness (QED) is 0.696. The van der Waals surface area contributed by atoms with Crippen molar-refractivity contribution in [3.63, 3.8) is 0 Å². The maximum Gasteiger partial charge on any atom is 0.320 e. The zero-order valence-electron chi connectivity index (χ0n) is 11.0. The minimum Gasteiger partial charge on any atom is -0.481 e. The fraction of sp³-hybridized carbons (Fsp3) is 0.833. The molecule has 0 aromatic carbocycles. The highest BCUT2D eigenvalue weighted by Crippen LogP contribution is 2.18. The van der Waals surface area contributed by atoms with Gasteiger partial charge < -0.3 is 20.0 Å². The Kier molecular flexibility index (Phi) is 4.60. The van der Waals surface area contributed by atoms with Crippen molar-refractivity contribution in [3.8, 4) is 0 Å². The molecule has 2 aliphatic rings. The molecule has 2 fully saturated rings. The number of aliphatic carboxylic acids is 1. The maximum atomic E-state index is 12.2. The summed E-state index contributed by atoms with van der Waals surface area (Å²) in [6.07, 6.45) is 0.891. The van der Waals surface area contributed by atoms with Crippen molar-refractivity contribution < 1.29 is 19.8 Å². The number of β-amino-alcohol motifs (C(OH)–C–C–N with tert-alkyl or cyclic N) is 1. The van der Waals surface area contributed by atoms with Gasteiger partial charge in [0, 0.05) is 39.3 Å². The zero-order valence-corrected chi connectivity index (χ0v) is 11.0. The van der Waals surface area contributed by atoms with Crippen molar-refractivity contribution in [3.05, 3.63) is 0 Å². The van der Waals surface area contributed by atoms with Gasteiger partial charge in [-0.3, -0.25) is 9.69 Å². The first-order chi connectivity index (χ1) is 9.11. The Balaban J connectivity index is 1.79. The summed E-state index contributed by atoms with van der Waals surface area (Å²) in [6.45, 7) is 4.44. The molecule has 108 valence electrons. The van der Waals surface area contributed by atoms with Crippen LogP contribution in [-0.2, 0) is 4.79 Å². The summed E-state index contributed by atoms with van der Waals surface area (Å²) in [6, 6.07) is -0.0525. The normalized spacial score (nSPS) is 21.9. The summed E-state index contributed by atoms with van der Waals surface area (Å²) in [5.41, 5.74) is 0. The van der Waals surface area contributed by atoms with Crippen molar-refractivity contribution in [1.29, 1.82) is 0 Å². The summed E-state index contributed by atoms with van der Waals surface area (Å²) in [5, 5.41) is 17.7. The van der Waals surface area contributed by atoms with Gasteiger partial charge in [0.2, 0.25) is 0 Å². The van der Waals surface area contributed by atoms with Gasteiger partial charge in [-0.15, -0.1) is 0 Å². The van der Waals surface area contributed by atoms with Crippen LogP contribution in [0.5, 0.6) is 0 Å². The van der Waals surface area contributed by atoms with Crippen molar-refractivity contribution in [2.24, 2.45) is 5.92 Å². The molecule has 2 heterocycles. The van der Waals surface area contributed by atoms with Crippen LogP contribution in [0, 0.1) is 5.92 Å². The fourth-order valence-electron chi connectivity index (χ4n) is 2.52. The summed E-state index contributed by atoms with van der Waals surface area (Å²) in [7, 11) is 0. The summed E-state index contributed by atoms with van der Waals surface area (Å²) in [4.78, 5) is 28.4. The number of urea groups is 1. The number of carbonyl (C=O) groups excluding carboxylic acids is 1. The molecule has 0 radical (unpaired) electrons. The van der Waals surface area contributed by atoms with E-state index in [0.717, 1.165) is 19.5 Å². The van der Waals surface area contributed by atoms with Crippen LogP contribution in [-0.4, -0.2) is 89.3 Å². The number of aliphatic hydroxyl groups is 1. The molecule has 0 atom stereocenters. The van der Waals surface area contributed by atoms with E-state index in [4.69, 9.17) is 10.2 Å². The molecule has 19 heavy (non-hydrogen) atoms. The number of carboxylic acids is 1. The van der Waals surface area contributed by atoms with Crippen LogP contribution in [0.3, 0.4) is 0 Å². The highest BCUT2D eigenvalue weighted by atomic mass is 16.4. The number of amides is 2. The molecule has 0 bridgehead atoms. The Labute approximate surface area is 112 Å². The number of carbonyl (C=O) groups is 2. The van der Waals surface area contributed by atoms with E-state index in [1.807, 2.05) is 0 Å². The first-order valence-corrected chi connectivity index (χ1v) is 6.71. The Morgan fingerprint density at radius 2 is 1.79 bits per heavy atom. The molecule has 0 spiro atoms. The summed E-state index contributed by atoms with van der Waals surface area (Å²) < 4.78 is 0. The van der Waals surface area contributed by atoms with Gasteiger partial charge in [-0.25, -0.2) is 4.79 Å². The van der Waals surface area contributed by atoms with Gasteiger partial charge in [0.1, 0.15) is 0 Å². The van der Waals surface area contributed by atoms with Crippen LogP contribution >= 0.6 is 0 Å². The molecule has 0 aromatic heterocycles. The average molecular weight is 271 g/mol. The zero-order chi connectivity index (χ0) is 13.8. The van der Waals surface area contributed by atoms with Gasteiger partial charge >= 0.3 is 12.0 Å². The number of rotatable bonds is 3. The van der Waals surface area contributed by atoms with E-state index in [1.165, 1.54) is 0 Å². The van der Waals surface area contributed by atoms with Crippen LogP contribution in [0.4, 0.5) is 4.79 Å². The molecule has 0 unspecified atom stereocenters. The number of hydrogen-bond acceptors (Lipinski definition) is 4. The highest BCUT2D eigenvalue weighted by molar-refractivity contribution is 5.79. The first kappa shape index (κ1) is 14.1. The SMILES string of the molecule is O=C(O)C1CN(C(=O)N2CCCN(CCO)CC2)C1. The van der Waals surface area contributed by atoms with Crippen LogP contribution in [0.15, 0.2) is 0 Å². The number of aliphatic hydroxyl groups excluding tert-OH is 1. The minimum absolute atomic E-state index is 0.0525. The lowest BCUT2D eigenvalue weighted by molar-refractivity contribution is -0.146. The largest absolute Gasteiger partial charge is 0.481 e. The number of hydrogen-bond donors (Lipinski definition) is 2. The molecule has 0 saturated carbocycles.